The first-order valence-electron chi connectivity index (χ1n) is 3.61. The number of hydrogen-bond donors (Lipinski definition) is 1. The topological polar surface area (TPSA) is 26.0 Å². The van der Waals surface area contributed by atoms with Gasteiger partial charge in [0.2, 0.25) is 0 Å². The van der Waals surface area contributed by atoms with E-state index in [9.17, 15) is 0 Å². The van der Waals surface area contributed by atoms with E-state index in [1.807, 2.05) is 19.9 Å². The fraction of sp³-hybridized carbons (Fsp3) is 0.333. The van der Waals surface area contributed by atoms with Crippen LogP contribution in [0.3, 0.4) is 0 Å². The summed E-state index contributed by atoms with van der Waals surface area (Å²) in [5.41, 5.74) is 8.92. The van der Waals surface area contributed by atoms with Gasteiger partial charge >= 0.3 is 0 Å². The molecule has 60 valence electrons. The Kier molecular flexibility index (Phi) is 2.53. The van der Waals surface area contributed by atoms with Crippen LogP contribution >= 0.6 is 11.6 Å². The van der Waals surface area contributed by atoms with E-state index in [1.54, 1.807) is 0 Å². The van der Waals surface area contributed by atoms with Gasteiger partial charge in [-0.25, -0.2) is 0 Å². The van der Waals surface area contributed by atoms with Crippen LogP contribution in [0, 0.1) is 13.8 Å². The van der Waals surface area contributed by atoms with Crippen molar-refractivity contribution in [1.82, 2.24) is 0 Å². The molecule has 0 radical (unpaired) electrons. The van der Waals surface area contributed by atoms with Crippen molar-refractivity contribution in [2.24, 2.45) is 5.73 Å². The van der Waals surface area contributed by atoms with Crippen molar-refractivity contribution in [3.8, 4) is 0 Å². The first-order valence-corrected chi connectivity index (χ1v) is 3.98. The minimum absolute atomic E-state index is 0.556. The molecule has 0 aliphatic carbocycles. The Hall–Kier alpha value is -0.530. The summed E-state index contributed by atoms with van der Waals surface area (Å²) in [5.74, 6) is 0. The zero-order valence-electron chi connectivity index (χ0n) is 6.82. The van der Waals surface area contributed by atoms with E-state index in [4.69, 9.17) is 17.3 Å². The predicted molar refractivity (Wildman–Crippen MR) is 48.8 cm³/mol. The van der Waals surface area contributed by atoms with Crippen molar-refractivity contribution in [1.29, 1.82) is 0 Å². The van der Waals surface area contributed by atoms with Crippen molar-refractivity contribution in [3.63, 3.8) is 0 Å². The monoisotopic (exact) mass is 169 g/mol. The lowest BCUT2D eigenvalue weighted by atomic mass is 10.1. The van der Waals surface area contributed by atoms with Crippen LogP contribution in [0.2, 0.25) is 5.02 Å². The molecule has 2 heteroatoms. The number of benzene rings is 1. The average Bonchev–Trinajstić information content (AvgIpc) is 1.99. The van der Waals surface area contributed by atoms with Gasteiger partial charge in [0.15, 0.2) is 0 Å². The van der Waals surface area contributed by atoms with Crippen LogP contribution < -0.4 is 5.73 Å². The molecule has 0 saturated carbocycles. The molecule has 11 heavy (non-hydrogen) atoms. The Morgan fingerprint density at radius 1 is 1.36 bits per heavy atom. The zero-order chi connectivity index (χ0) is 8.43. The third kappa shape index (κ3) is 1.73. The Bertz CT molecular complexity index is 245. The van der Waals surface area contributed by atoms with E-state index in [0.717, 1.165) is 16.1 Å². The van der Waals surface area contributed by atoms with Gasteiger partial charge in [-0.2, -0.15) is 0 Å². The second-order valence-electron chi connectivity index (χ2n) is 2.72. The zero-order valence-corrected chi connectivity index (χ0v) is 7.57. The molecule has 0 aliphatic heterocycles. The number of hydrogen-bond acceptors (Lipinski definition) is 1. The first-order chi connectivity index (χ1) is 5.15. The molecule has 0 fully saturated rings. The van der Waals surface area contributed by atoms with Gasteiger partial charge in [0, 0.05) is 11.6 Å². The predicted octanol–water partition coefficient (Wildman–Crippen LogP) is 2.42. The Balaban J connectivity index is 3.21. The fourth-order valence-corrected chi connectivity index (χ4v) is 1.29. The van der Waals surface area contributed by atoms with Crippen molar-refractivity contribution < 1.29 is 0 Å². The van der Waals surface area contributed by atoms with Crippen LogP contribution in [-0.4, -0.2) is 0 Å². The molecule has 0 heterocycles. The highest BCUT2D eigenvalue weighted by Crippen LogP contribution is 2.20. The van der Waals surface area contributed by atoms with Crippen molar-refractivity contribution in [3.05, 3.63) is 33.8 Å². The SMILES string of the molecule is Cc1cc(CN)cc(Cl)c1C. The third-order valence-corrected chi connectivity index (χ3v) is 2.29. The summed E-state index contributed by atoms with van der Waals surface area (Å²) >= 11 is 5.94. The van der Waals surface area contributed by atoms with E-state index in [-0.39, 0.29) is 0 Å². The fourth-order valence-electron chi connectivity index (χ4n) is 1.01. The van der Waals surface area contributed by atoms with Crippen molar-refractivity contribution in [2.75, 3.05) is 0 Å². The summed E-state index contributed by atoms with van der Waals surface area (Å²) in [6.07, 6.45) is 0. The van der Waals surface area contributed by atoms with Gasteiger partial charge in [0.25, 0.3) is 0 Å². The smallest absolute Gasteiger partial charge is 0.0441 e. The molecule has 0 aliphatic rings. The summed E-state index contributed by atoms with van der Waals surface area (Å²) in [5, 5.41) is 0.811. The average molecular weight is 170 g/mol. The lowest BCUT2D eigenvalue weighted by molar-refractivity contribution is 1.06. The molecule has 1 nitrogen and oxygen atoms in total. The second-order valence-corrected chi connectivity index (χ2v) is 3.13. The largest absolute Gasteiger partial charge is 0.326 e. The lowest BCUT2D eigenvalue weighted by Crippen LogP contribution is -1.97. The third-order valence-electron chi connectivity index (χ3n) is 1.90. The minimum Gasteiger partial charge on any atom is -0.326 e. The maximum absolute atomic E-state index is 5.94. The molecular weight excluding hydrogens is 158 g/mol. The van der Waals surface area contributed by atoms with E-state index < -0.39 is 0 Å². The summed E-state index contributed by atoms with van der Waals surface area (Å²) in [4.78, 5) is 0. The molecule has 0 atom stereocenters. The van der Waals surface area contributed by atoms with Crippen LogP contribution in [0.5, 0.6) is 0 Å². The van der Waals surface area contributed by atoms with Crippen molar-refractivity contribution >= 4 is 11.6 Å². The molecule has 0 unspecified atom stereocenters. The Morgan fingerprint density at radius 2 is 2.00 bits per heavy atom. The van der Waals surface area contributed by atoms with Crippen LogP contribution in [0.15, 0.2) is 12.1 Å². The minimum atomic E-state index is 0.556. The molecule has 0 spiro atoms. The Labute approximate surface area is 72.2 Å². The van der Waals surface area contributed by atoms with Crippen LogP contribution in [0.1, 0.15) is 16.7 Å². The first kappa shape index (κ1) is 8.57. The van der Waals surface area contributed by atoms with Gasteiger partial charge in [-0.3, -0.25) is 0 Å². The normalized spacial score (nSPS) is 10.2. The molecular formula is C9H12ClN. The summed E-state index contributed by atoms with van der Waals surface area (Å²) in [7, 11) is 0. The maximum Gasteiger partial charge on any atom is 0.0441 e. The van der Waals surface area contributed by atoms with E-state index in [2.05, 4.69) is 6.07 Å². The molecule has 1 aromatic carbocycles. The molecule has 1 aromatic rings. The van der Waals surface area contributed by atoms with Gasteiger partial charge < -0.3 is 5.73 Å². The molecule has 0 saturated heterocycles. The summed E-state index contributed by atoms with van der Waals surface area (Å²) in [6, 6.07) is 3.99. The summed E-state index contributed by atoms with van der Waals surface area (Å²) < 4.78 is 0. The number of rotatable bonds is 1. The summed E-state index contributed by atoms with van der Waals surface area (Å²) in [6.45, 7) is 4.61. The standard InChI is InChI=1S/C9H12ClN/c1-6-3-8(5-11)4-9(10)7(6)2/h3-4H,5,11H2,1-2H3. The van der Waals surface area contributed by atoms with Gasteiger partial charge in [0.1, 0.15) is 0 Å². The highest BCUT2D eigenvalue weighted by atomic mass is 35.5. The molecule has 0 amide bonds. The lowest BCUT2D eigenvalue weighted by Gasteiger charge is -2.05. The Morgan fingerprint density at radius 3 is 2.45 bits per heavy atom. The second kappa shape index (κ2) is 3.24. The van der Waals surface area contributed by atoms with Gasteiger partial charge in [-0.05, 0) is 36.6 Å². The van der Waals surface area contributed by atoms with Gasteiger partial charge in [-0.1, -0.05) is 17.7 Å². The molecule has 2 N–H and O–H groups in total. The van der Waals surface area contributed by atoms with Crippen LogP contribution in [-0.2, 0) is 6.54 Å². The van der Waals surface area contributed by atoms with Gasteiger partial charge in [0.05, 0.1) is 0 Å². The highest BCUT2D eigenvalue weighted by molar-refractivity contribution is 6.31. The number of nitrogens with two attached hydrogens (primary N) is 1. The highest BCUT2D eigenvalue weighted by Gasteiger charge is 2.00. The number of halogens is 1. The van der Waals surface area contributed by atoms with E-state index in [0.29, 0.717) is 6.54 Å². The number of aryl methyl sites for hydroxylation is 1. The van der Waals surface area contributed by atoms with E-state index >= 15 is 0 Å². The molecule has 0 bridgehead atoms. The quantitative estimate of drug-likeness (QED) is 0.687. The van der Waals surface area contributed by atoms with Crippen LogP contribution in [0.4, 0.5) is 0 Å². The molecule has 1 rings (SSSR count). The maximum atomic E-state index is 5.94. The molecule has 0 aromatic heterocycles. The van der Waals surface area contributed by atoms with Crippen LogP contribution in [0.25, 0.3) is 0 Å². The van der Waals surface area contributed by atoms with Crippen molar-refractivity contribution in [2.45, 2.75) is 20.4 Å². The van der Waals surface area contributed by atoms with Gasteiger partial charge in [-0.15, -0.1) is 0 Å². The van der Waals surface area contributed by atoms with E-state index in [1.165, 1.54) is 5.56 Å².